The molecule has 0 bridgehead atoms. The summed E-state index contributed by atoms with van der Waals surface area (Å²) in [5.74, 6) is 0.924. The molecule has 0 aliphatic rings. The van der Waals surface area contributed by atoms with E-state index in [-0.39, 0.29) is 6.04 Å². The van der Waals surface area contributed by atoms with Crippen molar-refractivity contribution in [2.24, 2.45) is 0 Å². The monoisotopic (exact) mass is 303 g/mol. The lowest BCUT2D eigenvalue weighted by atomic mass is 10.0. The summed E-state index contributed by atoms with van der Waals surface area (Å²) < 4.78 is 5.46. The van der Waals surface area contributed by atoms with Crippen LogP contribution < -0.4 is 10.1 Å². The molecule has 2 aromatic rings. The van der Waals surface area contributed by atoms with Crippen LogP contribution in [0.5, 0.6) is 5.75 Å². The third kappa shape index (κ3) is 3.99. The SMILES string of the molecule is COc1ccc(C)cc1C(C)NCc1ccc(Cl)cc1C. The van der Waals surface area contributed by atoms with Crippen LogP contribution >= 0.6 is 11.6 Å². The molecule has 21 heavy (non-hydrogen) atoms. The van der Waals surface area contributed by atoms with Gasteiger partial charge in [0.25, 0.3) is 0 Å². The van der Waals surface area contributed by atoms with Crippen molar-refractivity contribution in [3.8, 4) is 5.75 Å². The van der Waals surface area contributed by atoms with E-state index in [1.54, 1.807) is 7.11 Å². The lowest BCUT2D eigenvalue weighted by Crippen LogP contribution is -2.19. The van der Waals surface area contributed by atoms with E-state index in [1.165, 1.54) is 22.3 Å². The van der Waals surface area contributed by atoms with Crippen LogP contribution in [-0.4, -0.2) is 7.11 Å². The second-order valence-corrected chi connectivity index (χ2v) is 5.86. The maximum absolute atomic E-state index is 6.00. The van der Waals surface area contributed by atoms with Crippen LogP contribution in [0.1, 0.15) is 35.2 Å². The van der Waals surface area contributed by atoms with Crippen molar-refractivity contribution < 1.29 is 4.74 Å². The molecular weight excluding hydrogens is 282 g/mol. The van der Waals surface area contributed by atoms with Crippen molar-refractivity contribution in [3.05, 3.63) is 63.7 Å². The van der Waals surface area contributed by atoms with Crippen LogP contribution in [-0.2, 0) is 6.54 Å². The molecule has 0 fully saturated rings. The average Bonchev–Trinajstić information content (AvgIpc) is 2.46. The Morgan fingerprint density at radius 2 is 1.90 bits per heavy atom. The second-order valence-electron chi connectivity index (χ2n) is 5.42. The minimum Gasteiger partial charge on any atom is -0.496 e. The van der Waals surface area contributed by atoms with Gasteiger partial charge in [-0.1, -0.05) is 35.4 Å². The molecule has 3 heteroatoms. The molecule has 0 amide bonds. The van der Waals surface area contributed by atoms with Gasteiger partial charge in [0.2, 0.25) is 0 Å². The first-order valence-electron chi connectivity index (χ1n) is 7.14. The van der Waals surface area contributed by atoms with E-state index in [9.17, 15) is 0 Å². The Kier molecular flexibility index (Phi) is 5.27. The number of methoxy groups -OCH3 is 1. The van der Waals surface area contributed by atoms with Gasteiger partial charge in [-0.25, -0.2) is 0 Å². The number of aryl methyl sites for hydroxylation is 2. The first-order valence-corrected chi connectivity index (χ1v) is 7.52. The largest absolute Gasteiger partial charge is 0.496 e. The van der Waals surface area contributed by atoms with E-state index in [2.05, 4.69) is 44.3 Å². The molecule has 0 heterocycles. The number of halogens is 1. The molecule has 1 N–H and O–H groups in total. The molecule has 0 radical (unpaired) electrons. The van der Waals surface area contributed by atoms with Gasteiger partial charge < -0.3 is 10.1 Å². The fourth-order valence-corrected chi connectivity index (χ4v) is 2.65. The maximum atomic E-state index is 6.00. The minimum atomic E-state index is 0.218. The topological polar surface area (TPSA) is 21.3 Å². The van der Waals surface area contributed by atoms with Gasteiger partial charge in [-0.15, -0.1) is 0 Å². The smallest absolute Gasteiger partial charge is 0.123 e. The number of ether oxygens (including phenoxy) is 1. The van der Waals surface area contributed by atoms with Crippen LogP contribution in [0.15, 0.2) is 36.4 Å². The summed E-state index contributed by atoms with van der Waals surface area (Å²) in [7, 11) is 1.71. The molecule has 1 unspecified atom stereocenters. The number of hydrogen-bond acceptors (Lipinski definition) is 2. The van der Waals surface area contributed by atoms with E-state index < -0.39 is 0 Å². The number of nitrogens with one attached hydrogen (secondary N) is 1. The molecule has 0 aromatic heterocycles. The average molecular weight is 304 g/mol. The third-order valence-corrected chi connectivity index (χ3v) is 3.99. The van der Waals surface area contributed by atoms with Crippen molar-refractivity contribution in [1.29, 1.82) is 0 Å². The van der Waals surface area contributed by atoms with Gasteiger partial charge in [-0.2, -0.15) is 0 Å². The first-order chi connectivity index (χ1) is 10.0. The van der Waals surface area contributed by atoms with Crippen LogP contribution in [0, 0.1) is 13.8 Å². The quantitative estimate of drug-likeness (QED) is 0.855. The van der Waals surface area contributed by atoms with Crippen LogP contribution in [0.25, 0.3) is 0 Å². The van der Waals surface area contributed by atoms with Gasteiger partial charge in [0.15, 0.2) is 0 Å². The lowest BCUT2D eigenvalue weighted by molar-refractivity contribution is 0.401. The standard InChI is InChI=1S/C18H22ClNO/c1-12-5-8-18(21-4)17(9-12)14(3)20-11-15-6-7-16(19)10-13(15)2/h5-10,14,20H,11H2,1-4H3. The summed E-state index contributed by atoms with van der Waals surface area (Å²) in [5.41, 5.74) is 4.89. The zero-order valence-corrected chi connectivity index (χ0v) is 13.8. The molecule has 0 saturated heterocycles. The summed E-state index contributed by atoms with van der Waals surface area (Å²) in [6, 6.07) is 12.5. The second kappa shape index (κ2) is 6.97. The van der Waals surface area contributed by atoms with Crippen molar-refractivity contribution in [2.75, 3.05) is 7.11 Å². The van der Waals surface area contributed by atoms with Crippen LogP contribution in [0.4, 0.5) is 0 Å². The molecule has 0 saturated carbocycles. The van der Waals surface area contributed by atoms with E-state index in [0.717, 1.165) is 17.3 Å². The summed E-state index contributed by atoms with van der Waals surface area (Å²) in [6.07, 6.45) is 0. The van der Waals surface area contributed by atoms with E-state index in [0.29, 0.717) is 0 Å². The maximum Gasteiger partial charge on any atom is 0.123 e. The van der Waals surface area contributed by atoms with Gasteiger partial charge in [0, 0.05) is 23.2 Å². The number of rotatable bonds is 5. The lowest BCUT2D eigenvalue weighted by Gasteiger charge is -2.18. The Labute approximate surface area is 132 Å². The van der Waals surface area contributed by atoms with E-state index in [1.807, 2.05) is 18.2 Å². The Morgan fingerprint density at radius 3 is 2.57 bits per heavy atom. The number of benzene rings is 2. The first kappa shape index (κ1) is 15.9. The van der Waals surface area contributed by atoms with Gasteiger partial charge in [0.1, 0.15) is 5.75 Å². The Morgan fingerprint density at radius 1 is 1.14 bits per heavy atom. The van der Waals surface area contributed by atoms with Crippen molar-refractivity contribution in [3.63, 3.8) is 0 Å². The van der Waals surface area contributed by atoms with Crippen molar-refractivity contribution in [1.82, 2.24) is 5.32 Å². The predicted molar refractivity (Wildman–Crippen MR) is 89.2 cm³/mol. The zero-order chi connectivity index (χ0) is 15.4. The predicted octanol–water partition coefficient (Wildman–Crippen LogP) is 4.82. The van der Waals surface area contributed by atoms with Gasteiger partial charge in [0.05, 0.1) is 7.11 Å². The summed E-state index contributed by atoms with van der Waals surface area (Å²) >= 11 is 6.00. The third-order valence-electron chi connectivity index (χ3n) is 3.76. The normalized spacial score (nSPS) is 12.2. The molecule has 0 spiro atoms. The van der Waals surface area contributed by atoms with E-state index in [4.69, 9.17) is 16.3 Å². The molecule has 2 rings (SSSR count). The molecule has 2 aromatic carbocycles. The van der Waals surface area contributed by atoms with Crippen molar-refractivity contribution in [2.45, 2.75) is 33.4 Å². The molecule has 0 aliphatic heterocycles. The fourth-order valence-electron chi connectivity index (χ4n) is 2.42. The molecule has 1 atom stereocenters. The Bertz CT molecular complexity index is 625. The summed E-state index contributed by atoms with van der Waals surface area (Å²) in [6.45, 7) is 7.14. The Hall–Kier alpha value is -1.51. The van der Waals surface area contributed by atoms with Gasteiger partial charge in [-0.3, -0.25) is 0 Å². The summed E-state index contributed by atoms with van der Waals surface area (Å²) in [5, 5.41) is 4.34. The van der Waals surface area contributed by atoms with Gasteiger partial charge in [-0.05, 0) is 50.1 Å². The van der Waals surface area contributed by atoms with Crippen molar-refractivity contribution >= 4 is 11.6 Å². The summed E-state index contributed by atoms with van der Waals surface area (Å²) in [4.78, 5) is 0. The molecular formula is C18H22ClNO. The highest BCUT2D eigenvalue weighted by Gasteiger charge is 2.11. The zero-order valence-electron chi connectivity index (χ0n) is 13.0. The fraction of sp³-hybridized carbons (Fsp3) is 0.333. The van der Waals surface area contributed by atoms with Crippen LogP contribution in [0.2, 0.25) is 5.02 Å². The Balaban J connectivity index is 2.11. The highest BCUT2D eigenvalue weighted by atomic mass is 35.5. The highest BCUT2D eigenvalue weighted by molar-refractivity contribution is 6.30. The minimum absolute atomic E-state index is 0.218. The molecule has 2 nitrogen and oxygen atoms in total. The molecule has 0 aliphatic carbocycles. The van der Waals surface area contributed by atoms with Gasteiger partial charge >= 0.3 is 0 Å². The highest BCUT2D eigenvalue weighted by Crippen LogP contribution is 2.26. The molecule has 112 valence electrons. The number of hydrogen-bond donors (Lipinski definition) is 1. The van der Waals surface area contributed by atoms with E-state index >= 15 is 0 Å². The van der Waals surface area contributed by atoms with Crippen LogP contribution in [0.3, 0.4) is 0 Å².